The van der Waals surface area contributed by atoms with E-state index in [1.165, 1.54) is 47.5 Å². The van der Waals surface area contributed by atoms with Gasteiger partial charge in [0.25, 0.3) is 5.91 Å². The van der Waals surface area contributed by atoms with Crippen molar-refractivity contribution in [1.82, 2.24) is 19.4 Å². The molecule has 5 nitrogen and oxygen atoms in total. The number of rotatable bonds is 7. The average molecular weight is 482 g/mol. The van der Waals surface area contributed by atoms with Crippen molar-refractivity contribution in [2.45, 2.75) is 25.6 Å². The van der Waals surface area contributed by atoms with Gasteiger partial charge in [-0.15, -0.1) is 0 Å². The van der Waals surface area contributed by atoms with E-state index in [9.17, 15) is 22.4 Å². The highest BCUT2D eigenvalue weighted by atomic mass is 19.4. The molecule has 0 saturated carbocycles. The van der Waals surface area contributed by atoms with Crippen molar-refractivity contribution in [3.63, 3.8) is 0 Å². The summed E-state index contributed by atoms with van der Waals surface area (Å²) in [5.74, 6) is -0.382. The van der Waals surface area contributed by atoms with Crippen molar-refractivity contribution in [3.05, 3.63) is 113 Å². The standard InChI is InChI=1S/C26H22F4N4O/c1-33(17-18-12-14-31-15-13-18)25(35)23-16-32-24(34(23)21-9-7-20(27)8-10-21)11-6-19-4-2-3-5-22(19)26(28,29)30/h2-5,7-10,12-16H,6,11,17H2,1H3. The van der Waals surface area contributed by atoms with Crippen molar-refractivity contribution in [1.29, 1.82) is 0 Å². The molecule has 0 N–H and O–H groups in total. The number of carbonyl (C=O) groups is 1. The van der Waals surface area contributed by atoms with Crippen LogP contribution in [0.3, 0.4) is 0 Å². The average Bonchev–Trinajstić information content (AvgIpc) is 3.27. The fourth-order valence-electron chi connectivity index (χ4n) is 3.89. The molecule has 2 aromatic heterocycles. The number of aromatic nitrogens is 3. The monoisotopic (exact) mass is 482 g/mol. The number of imidazole rings is 1. The van der Waals surface area contributed by atoms with E-state index in [1.807, 2.05) is 0 Å². The fourth-order valence-corrected chi connectivity index (χ4v) is 3.89. The number of amides is 1. The molecular weight excluding hydrogens is 460 g/mol. The van der Waals surface area contributed by atoms with Crippen LogP contribution >= 0.6 is 0 Å². The van der Waals surface area contributed by atoms with E-state index < -0.39 is 17.6 Å². The topological polar surface area (TPSA) is 51.0 Å². The maximum Gasteiger partial charge on any atom is 0.416 e. The van der Waals surface area contributed by atoms with Gasteiger partial charge in [0.2, 0.25) is 0 Å². The lowest BCUT2D eigenvalue weighted by Gasteiger charge is -2.19. The van der Waals surface area contributed by atoms with Gasteiger partial charge in [0.1, 0.15) is 17.3 Å². The van der Waals surface area contributed by atoms with Crippen LogP contribution in [0.25, 0.3) is 5.69 Å². The minimum Gasteiger partial charge on any atom is -0.336 e. The first-order valence-electron chi connectivity index (χ1n) is 10.9. The van der Waals surface area contributed by atoms with E-state index >= 15 is 0 Å². The molecule has 9 heteroatoms. The van der Waals surface area contributed by atoms with Crippen molar-refractivity contribution < 1.29 is 22.4 Å². The summed E-state index contributed by atoms with van der Waals surface area (Å²) in [4.78, 5) is 23.1. The van der Waals surface area contributed by atoms with Crippen LogP contribution in [-0.4, -0.2) is 32.4 Å². The van der Waals surface area contributed by atoms with Crippen LogP contribution in [0.15, 0.2) is 79.3 Å². The lowest BCUT2D eigenvalue weighted by molar-refractivity contribution is -0.138. The molecule has 35 heavy (non-hydrogen) atoms. The van der Waals surface area contributed by atoms with Crippen molar-refractivity contribution in [2.24, 2.45) is 0 Å². The molecule has 0 radical (unpaired) electrons. The Balaban J connectivity index is 1.66. The lowest BCUT2D eigenvalue weighted by Crippen LogP contribution is -2.28. The number of nitrogens with zero attached hydrogens (tertiary/aromatic N) is 4. The van der Waals surface area contributed by atoms with Crippen LogP contribution in [0.2, 0.25) is 0 Å². The van der Waals surface area contributed by atoms with Crippen molar-refractivity contribution in [2.75, 3.05) is 7.05 Å². The highest BCUT2D eigenvalue weighted by Crippen LogP contribution is 2.32. The number of hydrogen-bond donors (Lipinski definition) is 0. The van der Waals surface area contributed by atoms with Gasteiger partial charge < -0.3 is 4.90 Å². The normalized spacial score (nSPS) is 11.5. The van der Waals surface area contributed by atoms with E-state index in [1.54, 1.807) is 42.2 Å². The first-order valence-corrected chi connectivity index (χ1v) is 10.9. The smallest absolute Gasteiger partial charge is 0.336 e. The molecule has 0 aliphatic heterocycles. The second kappa shape index (κ2) is 10.1. The molecule has 0 unspecified atom stereocenters. The molecule has 0 fully saturated rings. The minimum atomic E-state index is -4.47. The quantitative estimate of drug-likeness (QED) is 0.328. The Labute approximate surface area is 199 Å². The molecule has 180 valence electrons. The third kappa shape index (κ3) is 5.56. The second-order valence-corrected chi connectivity index (χ2v) is 8.04. The van der Waals surface area contributed by atoms with E-state index in [0.717, 1.165) is 11.6 Å². The molecule has 1 amide bonds. The zero-order valence-corrected chi connectivity index (χ0v) is 18.8. The first-order chi connectivity index (χ1) is 16.7. The highest BCUT2D eigenvalue weighted by molar-refractivity contribution is 5.93. The molecule has 4 rings (SSSR count). The first kappa shape index (κ1) is 24.1. The van der Waals surface area contributed by atoms with Gasteiger partial charge in [0, 0.05) is 38.1 Å². The van der Waals surface area contributed by atoms with Crippen LogP contribution in [-0.2, 0) is 25.6 Å². The Kier molecular flexibility index (Phi) is 6.95. The van der Waals surface area contributed by atoms with E-state index in [0.29, 0.717) is 18.1 Å². The number of halogens is 4. The predicted octanol–water partition coefficient (Wildman–Crippen LogP) is 5.48. The maximum absolute atomic E-state index is 13.6. The van der Waals surface area contributed by atoms with Gasteiger partial charge in [-0.1, -0.05) is 18.2 Å². The largest absolute Gasteiger partial charge is 0.416 e. The molecule has 0 saturated heterocycles. The Morgan fingerprint density at radius 3 is 2.34 bits per heavy atom. The second-order valence-electron chi connectivity index (χ2n) is 8.04. The van der Waals surface area contributed by atoms with Crippen LogP contribution in [0.5, 0.6) is 0 Å². The number of aryl methyl sites for hydroxylation is 2. The van der Waals surface area contributed by atoms with Crippen molar-refractivity contribution >= 4 is 5.91 Å². The molecule has 0 aliphatic rings. The van der Waals surface area contributed by atoms with Gasteiger partial charge in [-0.3, -0.25) is 14.3 Å². The molecule has 4 aromatic rings. The summed E-state index contributed by atoms with van der Waals surface area (Å²) < 4.78 is 55.4. The van der Waals surface area contributed by atoms with Crippen molar-refractivity contribution in [3.8, 4) is 5.69 Å². The fraction of sp³-hybridized carbons (Fsp3) is 0.192. The maximum atomic E-state index is 13.6. The summed E-state index contributed by atoms with van der Waals surface area (Å²) in [6.07, 6.45) is 0.403. The zero-order chi connectivity index (χ0) is 25.0. The summed E-state index contributed by atoms with van der Waals surface area (Å²) >= 11 is 0. The van der Waals surface area contributed by atoms with E-state index in [-0.39, 0.29) is 30.0 Å². The molecule has 2 aromatic carbocycles. The SMILES string of the molecule is CN(Cc1ccncc1)C(=O)c1cnc(CCc2ccccc2C(F)(F)F)n1-c1ccc(F)cc1. The summed E-state index contributed by atoms with van der Waals surface area (Å²) in [6, 6.07) is 14.5. The number of benzene rings is 2. The Bertz CT molecular complexity index is 1300. The number of hydrogen-bond acceptors (Lipinski definition) is 3. The lowest BCUT2D eigenvalue weighted by atomic mass is 10.0. The molecule has 0 spiro atoms. The van der Waals surface area contributed by atoms with Gasteiger partial charge in [-0.2, -0.15) is 13.2 Å². The van der Waals surface area contributed by atoms with Crippen LogP contribution in [0.1, 0.15) is 33.0 Å². The molecular formula is C26H22F4N4O. The molecule has 2 heterocycles. The van der Waals surface area contributed by atoms with E-state index in [2.05, 4.69) is 9.97 Å². The number of carbonyl (C=O) groups excluding carboxylic acids is 1. The molecule has 0 aliphatic carbocycles. The number of pyridine rings is 1. The van der Waals surface area contributed by atoms with Crippen LogP contribution < -0.4 is 0 Å². The minimum absolute atomic E-state index is 0.0639. The highest BCUT2D eigenvalue weighted by Gasteiger charge is 2.33. The summed E-state index contributed by atoms with van der Waals surface area (Å²) in [5.41, 5.74) is 1.04. The van der Waals surface area contributed by atoms with Gasteiger partial charge in [0.05, 0.1) is 11.8 Å². The van der Waals surface area contributed by atoms with Gasteiger partial charge in [-0.25, -0.2) is 9.37 Å². The third-order valence-electron chi connectivity index (χ3n) is 5.60. The summed E-state index contributed by atoms with van der Waals surface area (Å²) in [7, 11) is 1.64. The van der Waals surface area contributed by atoms with Crippen LogP contribution in [0, 0.1) is 5.82 Å². The van der Waals surface area contributed by atoms with Gasteiger partial charge >= 0.3 is 6.18 Å². The summed E-state index contributed by atoms with van der Waals surface area (Å²) in [6.45, 7) is 0.324. The Morgan fingerprint density at radius 1 is 0.971 bits per heavy atom. The van der Waals surface area contributed by atoms with Gasteiger partial charge in [0.15, 0.2) is 0 Å². The van der Waals surface area contributed by atoms with Crippen LogP contribution in [0.4, 0.5) is 17.6 Å². The Morgan fingerprint density at radius 2 is 1.66 bits per heavy atom. The Hall–Kier alpha value is -4.01. The van der Waals surface area contributed by atoms with Gasteiger partial charge in [-0.05, 0) is 60.0 Å². The van der Waals surface area contributed by atoms with E-state index in [4.69, 9.17) is 0 Å². The zero-order valence-electron chi connectivity index (χ0n) is 18.8. The predicted molar refractivity (Wildman–Crippen MR) is 122 cm³/mol. The molecule has 0 atom stereocenters. The number of alkyl halides is 3. The third-order valence-corrected chi connectivity index (χ3v) is 5.60. The summed E-state index contributed by atoms with van der Waals surface area (Å²) in [5, 5.41) is 0. The molecule has 0 bridgehead atoms.